The van der Waals surface area contributed by atoms with E-state index in [2.05, 4.69) is 37.8 Å². The van der Waals surface area contributed by atoms with Gasteiger partial charge in [0.15, 0.2) is 5.78 Å². The highest BCUT2D eigenvalue weighted by atomic mass is 16.1. The minimum absolute atomic E-state index is 0.137. The first-order valence-electron chi connectivity index (χ1n) is 7.24. The molecule has 19 heavy (non-hydrogen) atoms. The first-order chi connectivity index (χ1) is 8.88. The maximum Gasteiger partial charge on any atom is 0.159 e. The number of benzene rings is 1. The van der Waals surface area contributed by atoms with Crippen molar-refractivity contribution in [2.45, 2.75) is 40.5 Å². The molecule has 0 amide bonds. The molecule has 2 heteroatoms. The minimum Gasteiger partial charge on any atom is -0.372 e. The van der Waals surface area contributed by atoms with Crippen molar-refractivity contribution in [2.24, 2.45) is 11.3 Å². The van der Waals surface area contributed by atoms with Crippen LogP contribution >= 0.6 is 0 Å². The van der Waals surface area contributed by atoms with Crippen LogP contribution in [0.5, 0.6) is 0 Å². The van der Waals surface area contributed by atoms with Crippen molar-refractivity contribution in [1.29, 1.82) is 0 Å². The summed E-state index contributed by atoms with van der Waals surface area (Å²) in [6.07, 6.45) is 2.52. The Labute approximate surface area is 116 Å². The minimum atomic E-state index is 0.137. The number of piperidine rings is 1. The van der Waals surface area contributed by atoms with Gasteiger partial charge in [0, 0.05) is 24.3 Å². The summed E-state index contributed by atoms with van der Waals surface area (Å²) in [5.74, 6) is 0.957. The van der Waals surface area contributed by atoms with E-state index in [1.54, 1.807) is 6.92 Å². The van der Waals surface area contributed by atoms with Crippen molar-refractivity contribution in [3.8, 4) is 0 Å². The van der Waals surface area contributed by atoms with Gasteiger partial charge >= 0.3 is 0 Å². The van der Waals surface area contributed by atoms with Crippen LogP contribution in [0.3, 0.4) is 0 Å². The van der Waals surface area contributed by atoms with E-state index in [1.807, 2.05) is 12.1 Å². The third kappa shape index (κ3) is 3.37. The fourth-order valence-corrected chi connectivity index (χ4v) is 2.91. The summed E-state index contributed by atoms with van der Waals surface area (Å²) < 4.78 is 0. The molecule has 1 aromatic carbocycles. The average Bonchev–Trinajstić information content (AvgIpc) is 2.38. The zero-order valence-corrected chi connectivity index (χ0v) is 12.6. The lowest BCUT2D eigenvalue weighted by molar-refractivity contribution is 0.101. The second-order valence-corrected chi connectivity index (χ2v) is 6.73. The fraction of sp³-hybridized carbons (Fsp3) is 0.588. The highest BCUT2D eigenvalue weighted by molar-refractivity contribution is 5.94. The second kappa shape index (κ2) is 5.36. The number of ketones is 1. The predicted molar refractivity (Wildman–Crippen MR) is 80.8 cm³/mol. The van der Waals surface area contributed by atoms with E-state index < -0.39 is 0 Å². The van der Waals surface area contributed by atoms with E-state index in [9.17, 15) is 4.79 Å². The SMILES string of the molecule is CC(=O)c1ccc(N2CCC(C(C)(C)C)CC2)cc1. The summed E-state index contributed by atoms with van der Waals surface area (Å²) in [7, 11) is 0. The van der Waals surface area contributed by atoms with Crippen molar-refractivity contribution >= 4 is 11.5 Å². The number of rotatable bonds is 2. The van der Waals surface area contributed by atoms with Crippen molar-refractivity contribution in [3.63, 3.8) is 0 Å². The quantitative estimate of drug-likeness (QED) is 0.744. The average molecular weight is 259 g/mol. The molecular formula is C17H25NO. The van der Waals surface area contributed by atoms with Crippen LogP contribution in [0.15, 0.2) is 24.3 Å². The zero-order chi connectivity index (χ0) is 14.0. The van der Waals surface area contributed by atoms with Gasteiger partial charge in [0.1, 0.15) is 0 Å². The summed E-state index contributed by atoms with van der Waals surface area (Å²) in [6, 6.07) is 8.03. The second-order valence-electron chi connectivity index (χ2n) is 6.73. The molecule has 0 N–H and O–H groups in total. The molecule has 0 atom stereocenters. The fourth-order valence-electron chi connectivity index (χ4n) is 2.91. The lowest BCUT2D eigenvalue weighted by Gasteiger charge is -2.39. The first kappa shape index (κ1) is 14.1. The number of hydrogen-bond donors (Lipinski definition) is 0. The Hall–Kier alpha value is -1.31. The largest absolute Gasteiger partial charge is 0.372 e. The Morgan fingerprint density at radius 1 is 1.11 bits per heavy atom. The van der Waals surface area contributed by atoms with E-state index in [4.69, 9.17) is 0 Å². The Bertz CT molecular complexity index is 433. The van der Waals surface area contributed by atoms with Gasteiger partial charge in [-0.05, 0) is 55.4 Å². The van der Waals surface area contributed by atoms with Crippen LogP contribution in [0.2, 0.25) is 0 Å². The van der Waals surface area contributed by atoms with E-state index in [1.165, 1.54) is 18.5 Å². The molecule has 1 fully saturated rings. The van der Waals surface area contributed by atoms with E-state index in [0.717, 1.165) is 24.6 Å². The normalized spacial score (nSPS) is 17.6. The summed E-state index contributed by atoms with van der Waals surface area (Å²) in [5.41, 5.74) is 2.47. The molecule has 1 aliphatic heterocycles. The maximum absolute atomic E-state index is 11.3. The number of Topliss-reactive ketones (excluding diaryl/α,β-unsaturated/α-hetero) is 1. The van der Waals surface area contributed by atoms with E-state index >= 15 is 0 Å². The molecule has 1 aromatic rings. The van der Waals surface area contributed by atoms with E-state index in [0.29, 0.717) is 5.41 Å². The molecule has 1 saturated heterocycles. The lowest BCUT2D eigenvalue weighted by Crippen LogP contribution is -2.38. The molecule has 0 radical (unpaired) electrons. The van der Waals surface area contributed by atoms with Crippen LogP contribution in [-0.4, -0.2) is 18.9 Å². The van der Waals surface area contributed by atoms with Gasteiger partial charge in [-0.1, -0.05) is 20.8 Å². The molecule has 0 aliphatic carbocycles. The van der Waals surface area contributed by atoms with Gasteiger partial charge in [0.2, 0.25) is 0 Å². The van der Waals surface area contributed by atoms with Crippen molar-refractivity contribution in [1.82, 2.24) is 0 Å². The number of carbonyl (C=O) groups excluding carboxylic acids is 1. The summed E-state index contributed by atoms with van der Waals surface area (Å²) in [6.45, 7) is 10.9. The van der Waals surface area contributed by atoms with Crippen molar-refractivity contribution in [3.05, 3.63) is 29.8 Å². The van der Waals surface area contributed by atoms with Crippen LogP contribution in [0.4, 0.5) is 5.69 Å². The predicted octanol–water partition coefficient (Wildman–Crippen LogP) is 4.15. The van der Waals surface area contributed by atoms with Gasteiger partial charge in [-0.3, -0.25) is 4.79 Å². The van der Waals surface area contributed by atoms with Gasteiger partial charge < -0.3 is 4.90 Å². The van der Waals surface area contributed by atoms with Crippen LogP contribution in [0.1, 0.15) is 50.9 Å². The molecule has 0 bridgehead atoms. The highest BCUT2D eigenvalue weighted by Crippen LogP contribution is 2.35. The standard InChI is InChI=1S/C17H25NO/c1-13(19)14-5-7-16(8-6-14)18-11-9-15(10-12-18)17(2,3)4/h5-8,15H,9-12H2,1-4H3. The molecule has 2 rings (SSSR count). The lowest BCUT2D eigenvalue weighted by atomic mass is 9.75. The summed E-state index contributed by atoms with van der Waals surface area (Å²) >= 11 is 0. The number of hydrogen-bond acceptors (Lipinski definition) is 2. The Balaban J connectivity index is 2.00. The molecule has 0 aromatic heterocycles. The molecule has 1 aliphatic rings. The first-order valence-corrected chi connectivity index (χ1v) is 7.24. The molecule has 2 nitrogen and oxygen atoms in total. The monoisotopic (exact) mass is 259 g/mol. The van der Waals surface area contributed by atoms with Crippen LogP contribution in [0.25, 0.3) is 0 Å². The van der Waals surface area contributed by atoms with Gasteiger partial charge in [0.05, 0.1) is 0 Å². The van der Waals surface area contributed by atoms with Crippen LogP contribution < -0.4 is 4.90 Å². The van der Waals surface area contributed by atoms with Gasteiger partial charge in [-0.25, -0.2) is 0 Å². The summed E-state index contributed by atoms with van der Waals surface area (Å²) in [4.78, 5) is 13.7. The smallest absolute Gasteiger partial charge is 0.159 e. The summed E-state index contributed by atoms with van der Waals surface area (Å²) in [5, 5.41) is 0. The Kier molecular flexibility index (Phi) is 3.98. The molecular weight excluding hydrogens is 234 g/mol. The molecule has 104 valence electrons. The molecule has 1 heterocycles. The topological polar surface area (TPSA) is 20.3 Å². The van der Waals surface area contributed by atoms with Gasteiger partial charge in [0.25, 0.3) is 0 Å². The van der Waals surface area contributed by atoms with Crippen LogP contribution in [-0.2, 0) is 0 Å². The molecule has 0 spiro atoms. The van der Waals surface area contributed by atoms with Crippen LogP contribution in [0, 0.1) is 11.3 Å². The third-order valence-electron chi connectivity index (χ3n) is 4.36. The number of anilines is 1. The molecule has 0 saturated carbocycles. The number of nitrogens with zero attached hydrogens (tertiary/aromatic N) is 1. The zero-order valence-electron chi connectivity index (χ0n) is 12.6. The Morgan fingerprint density at radius 3 is 2.05 bits per heavy atom. The third-order valence-corrected chi connectivity index (χ3v) is 4.36. The van der Waals surface area contributed by atoms with Gasteiger partial charge in [-0.15, -0.1) is 0 Å². The highest BCUT2D eigenvalue weighted by Gasteiger charge is 2.28. The molecule has 0 unspecified atom stereocenters. The van der Waals surface area contributed by atoms with Crippen molar-refractivity contribution < 1.29 is 4.79 Å². The van der Waals surface area contributed by atoms with E-state index in [-0.39, 0.29) is 5.78 Å². The maximum atomic E-state index is 11.3. The van der Waals surface area contributed by atoms with Crippen molar-refractivity contribution in [2.75, 3.05) is 18.0 Å². The number of carbonyl (C=O) groups is 1. The Morgan fingerprint density at radius 2 is 1.63 bits per heavy atom. The van der Waals surface area contributed by atoms with Gasteiger partial charge in [-0.2, -0.15) is 0 Å².